The molecule has 0 unspecified atom stereocenters. The molecular formula is C17H18N2O. The Labute approximate surface area is 117 Å². The molecule has 1 heterocycles. The van der Waals surface area contributed by atoms with Gasteiger partial charge in [0.05, 0.1) is 5.69 Å². The lowest BCUT2D eigenvalue weighted by molar-refractivity contribution is 0.555. The maximum atomic E-state index is 12.2. The van der Waals surface area contributed by atoms with Crippen molar-refractivity contribution >= 4 is 10.8 Å². The van der Waals surface area contributed by atoms with E-state index in [1.54, 1.807) is 4.57 Å². The summed E-state index contributed by atoms with van der Waals surface area (Å²) in [5.41, 5.74) is 1.72. The molecule has 0 aliphatic heterocycles. The lowest BCUT2D eigenvalue weighted by Crippen LogP contribution is -2.23. The van der Waals surface area contributed by atoms with E-state index in [2.05, 4.69) is 44.0 Å². The average molecular weight is 266 g/mol. The monoisotopic (exact) mass is 266 g/mol. The molecule has 0 atom stereocenters. The SMILES string of the molecule is CC(C)(C)c1c[nH]c(=O)n1-c1cccc2ccccc12. The fourth-order valence-corrected chi connectivity index (χ4v) is 2.56. The number of hydrogen-bond acceptors (Lipinski definition) is 1. The summed E-state index contributed by atoms with van der Waals surface area (Å²) in [4.78, 5) is 15.1. The summed E-state index contributed by atoms with van der Waals surface area (Å²) in [6.07, 6.45) is 1.81. The normalized spacial score (nSPS) is 11.9. The Hall–Kier alpha value is -2.29. The lowest BCUT2D eigenvalue weighted by Gasteiger charge is -2.21. The molecule has 0 fully saturated rings. The molecule has 1 aromatic heterocycles. The molecule has 3 nitrogen and oxygen atoms in total. The molecule has 3 heteroatoms. The highest BCUT2D eigenvalue weighted by atomic mass is 16.1. The van der Waals surface area contributed by atoms with Gasteiger partial charge in [0.15, 0.2) is 0 Å². The molecule has 1 N–H and O–H groups in total. The molecule has 0 aliphatic carbocycles. The van der Waals surface area contributed by atoms with E-state index in [0.717, 1.165) is 22.2 Å². The van der Waals surface area contributed by atoms with Crippen molar-refractivity contribution in [3.8, 4) is 5.69 Å². The second-order valence-corrected chi connectivity index (χ2v) is 6.06. The first-order chi connectivity index (χ1) is 9.48. The molecule has 20 heavy (non-hydrogen) atoms. The molecule has 102 valence electrons. The Kier molecular flexibility index (Phi) is 2.78. The maximum Gasteiger partial charge on any atom is 0.330 e. The van der Waals surface area contributed by atoms with Crippen molar-refractivity contribution in [1.82, 2.24) is 9.55 Å². The molecule has 0 spiro atoms. The Balaban J connectivity index is 2.38. The van der Waals surface area contributed by atoms with E-state index in [4.69, 9.17) is 0 Å². The van der Waals surface area contributed by atoms with Crippen molar-refractivity contribution in [2.45, 2.75) is 26.2 Å². The standard InChI is InChI=1S/C17H18N2O/c1-17(2,3)15-11-18-16(20)19(15)14-10-6-8-12-7-4-5-9-13(12)14/h4-11H,1-3H3,(H,18,20). The summed E-state index contributed by atoms with van der Waals surface area (Å²) in [6, 6.07) is 14.2. The van der Waals surface area contributed by atoms with Gasteiger partial charge in [-0.2, -0.15) is 0 Å². The van der Waals surface area contributed by atoms with Gasteiger partial charge in [0.25, 0.3) is 0 Å². The van der Waals surface area contributed by atoms with Crippen molar-refractivity contribution in [3.05, 3.63) is 64.8 Å². The van der Waals surface area contributed by atoms with Gasteiger partial charge in [-0.3, -0.25) is 4.57 Å². The van der Waals surface area contributed by atoms with Crippen LogP contribution in [-0.2, 0) is 5.41 Å². The fraction of sp³-hybridized carbons (Fsp3) is 0.235. The van der Waals surface area contributed by atoms with Gasteiger partial charge in [0.2, 0.25) is 0 Å². The van der Waals surface area contributed by atoms with Gasteiger partial charge in [-0.1, -0.05) is 57.2 Å². The second kappa shape index (κ2) is 4.37. The van der Waals surface area contributed by atoms with Crippen LogP contribution in [0.4, 0.5) is 0 Å². The summed E-state index contributed by atoms with van der Waals surface area (Å²) in [6.45, 7) is 6.33. The predicted molar refractivity (Wildman–Crippen MR) is 82.6 cm³/mol. The summed E-state index contributed by atoms with van der Waals surface area (Å²) >= 11 is 0. The van der Waals surface area contributed by atoms with Crippen LogP contribution in [0.25, 0.3) is 16.5 Å². The number of nitrogens with one attached hydrogen (secondary N) is 1. The molecule has 0 saturated carbocycles. The highest BCUT2D eigenvalue weighted by molar-refractivity contribution is 5.90. The van der Waals surface area contributed by atoms with Gasteiger partial charge >= 0.3 is 5.69 Å². The van der Waals surface area contributed by atoms with E-state index in [9.17, 15) is 4.79 Å². The van der Waals surface area contributed by atoms with E-state index >= 15 is 0 Å². The molecule has 3 aromatic rings. The third kappa shape index (κ3) is 1.95. The zero-order valence-electron chi connectivity index (χ0n) is 12.0. The number of fused-ring (bicyclic) bond motifs is 1. The van der Waals surface area contributed by atoms with Crippen LogP contribution in [0.3, 0.4) is 0 Å². The van der Waals surface area contributed by atoms with Crippen LogP contribution in [0.2, 0.25) is 0 Å². The first-order valence-corrected chi connectivity index (χ1v) is 6.77. The molecule has 2 aromatic carbocycles. The van der Waals surface area contributed by atoms with Gasteiger partial charge in [0.1, 0.15) is 0 Å². The molecule has 0 amide bonds. The first kappa shape index (κ1) is 12.7. The van der Waals surface area contributed by atoms with Crippen LogP contribution in [0, 0.1) is 0 Å². The summed E-state index contributed by atoms with van der Waals surface area (Å²) in [5.74, 6) is 0. The van der Waals surface area contributed by atoms with Crippen molar-refractivity contribution in [3.63, 3.8) is 0 Å². The number of hydrogen-bond donors (Lipinski definition) is 1. The number of aromatic amines is 1. The topological polar surface area (TPSA) is 37.8 Å². The molecule has 0 aliphatic rings. The van der Waals surface area contributed by atoms with Crippen molar-refractivity contribution in [2.75, 3.05) is 0 Å². The summed E-state index contributed by atoms with van der Waals surface area (Å²) in [5, 5.41) is 2.22. The number of H-pyrrole nitrogens is 1. The highest BCUT2D eigenvalue weighted by Gasteiger charge is 2.21. The molecule has 3 rings (SSSR count). The molecule has 0 bridgehead atoms. The first-order valence-electron chi connectivity index (χ1n) is 6.77. The number of rotatable bonds is 1. The van der Waals surface area contributed by atoms with Gasteiger partial charge in [0, 0.05) is 22.7 Å². The smallest absolute Gasteiger partial charge is 0.312 e. The quantitative estimate of drug-likeness (QED) is 0.717. The van der Waals surface area contributed by atoms with Gasteiger partial charge in [-0.05, 0) is 11.5 Å². The molecule has 0 radical (unpaired) electrons. The average Bonchev–Trinajstić information content (AvgIpc) is 2.80. The Morgan fingerprint density at radius 3 is 2.45 bits per heavy atom. The van der Waals surface area contributed by atoms with E-state index in [0.29, 0.717) is 0 Å². The largest absolute Gasteiger partial charge is 0.330 e. The van der Waals surface area contributed by atoms with Crippen LogP contribution in [0.15, 0.2) is 53.5 Å². The van der Waals surface area contributed by atoms with Gasteiger partial charge in [-0.25, -0.2) is 4.79 Å². The molecule has 0 saturated heterocycles. The third-order valence-electron chi connectivity index (χ3n) is 3.55. The summed E-state index contributed by atoms with van der Waals surface area (Å²) < 4.78 is 1.78. The predicted octanol–water partition coefficient (Wildman–Crippen LogP) is 3.62. The van der Waals surface area contributed by atoms with Crippen molar-refractivity contribution in [1.29, 1.82) is 0 Å². The third-order valence-corrected chi connectivity index (χ3v) is 3.55. The van der Waals surface area contributed by atoms with Gasteiger partial charge in [-0.15, -0.1) is 0 Å². The summed E-state index contributed by atoms with van der Waals surface area (Å²) in [7, 11) is 0. The number of benzene rings is 2. The number of nitrogens with zero attached hydrogens (tertiary/aromatic N) is 1. The number of aromatic nitrogens is 2. The van der Waals surface area contributed by atoms with Crippen molar-refractivity contribution < 1.29 is 0 Å². The van der Waals surface area contributed by atoms with Crippen LogP contribution < -0.4 is 5.69 Å². The minimum absolute atomic E-state index is 0.0914. The van der Waals surface area contributed by atoms with Crippen LogP contribution in [-0.4, -0.2) is 9.55 Å². The van der Waals surface area contributed by atoms with E-state index in [-0.39, 0.29) is 11.1 Å². The highest BCUT2D eigenvalue weighted by Crippen LogP contribution is 2.27. The minimum atomic E-state index is -0.101. The van der Waals surface area contributed by atoms with Crippen LogP contribution in [0.5, 0.6) is 0 Å². The fourth-order valence-electron chi connectivity index (χ4n) is 2.56. The Bertz CT molecular complexity index is 813. The lowest BCUT2D eigenvalue weighted by atomic mass is 9.92. The van der Waals surface area contributed by atoms with E-state index in [1.165, 1.54) is 0 Å². The molecular weight excluding hydrogens is 248 g/mol. The van der Waals surface area contributed by atoms with Crippen LogP contribution in [0.1, 0.15) is 26.5 Å². The van der Waals surface area contributed by atoms with Crippen LogP contribution >= 0.6 is 0 Å². The van der Waals surface area contributed by atoms with E-state index < -0.39 is 0 Å². The zero-order valence-corrected chi connectivity index (χ0v) is 12.0. The van der Waals surface area contributed by atoms with Gasteiger partial charge < -0.3 is 4.98 Å². The van der Waals surface area contributed by atoms with Crippen molar-refractivity contribution in [2.24, 2.45) is 0 Å². The number of imidazole rings is 1. The Morgan fingerprint density at radius 2 is 1.70 bits per heavy atom. The zero-order chi connectivity index (χ0) is 14.3. The van der Waals surface area contributed by atoms with E-state index in [1.807, 2.05) is 30.5 Å². The Morgan fingerprint density at radius 1 is 1.00 bits per heavy atom. The maximum absolute atomic E-state index is 12.2. The second-order valence-electron chi connectivity index (χ2n) is 6.06. The minimum Gasteiger partial charge on any atom is -0.312 e.